The molecular formula is C42H62Br2N2O5S2. The number of fused-ring (bicyclic) bond motifs is 2. The Morgan fingerprint density at radius 3 is 1.47 bits per heavy atom. The molecule has 4 aliphatic carbocycles. The lowest BCUT2D eigenvalue weighted by Crippen LogP contribution is -2.45. The van der Waals surface area contributed by atoms with Gasteiger partial charge < -0.3 is 9.47 Å². The molecule has 2 spiro atoms. The van der Waals surface area contributed by atoms with Crippen molar-refractivity contribution in [3.05, 3.63) is 67.6 Å². The van der Waals surface area contributed by atoms with Crippen LogP contribution in [0.15, 0.2) is 49.7 Å². The van der Waals surface area contributed by atoms with Crippen LogP contribution in [0.2, 0.25) is 0 Å². The van der Waals surface area contributed by atoms with Crippen molar-refractivity contribution in [1.29, 1.82) is 0 Å². The molecule has 7 nitrogen and oxygen atoms in total. The minimum Gasteiger partial charge on any atom is -0.381 e. The lowest BCUT2D eigenvalue weighted by atomic mass is 9.63. The summed E-state index contributed by atoms with van der Waals surface area (Å²) >= 11 is 7.08. The van der Waals surface area contributed by atoms with Crippen molar-refractivity contribution in [3.63, 3.8) is 0 Å². The van der Waals surface area contributed by atoms with Crippen molar-refractivity contribution >= 4 is 65.3 Å². The van der Waals surface area contributed by atoms with Crippen LogP contribution in [-0.2, 0) is 44.3 Å². The summed E-state index contributed by atoms with van der Waals surface area (Å²) in [7, 11) is 1.17. The molecule has 0 amide bonds. The van der Waals surface area contributed by atoms with Crippen LogP contribution < -0.4 is 5.14 Å². The summed E-state index contributed by atoms with van der Waals surface area (Å²) < 4.78 is 41.0. The number of nitrogens with two attached hydrogens (primary N) is 1. The minimum absolute atomic E-state index is 0.0299. The molecule has 4 aliphatic rings. The molecule has 296 valence electrons. The highest BCUT2D eigenvalue weighted by molar-refractivity contribution is 9.10. The Morgan fingerprint density at radius 2 is 1.08 bits per heavy atom. The number of ether oxygens (including phenoxy) is 2. The molecule has 2 saturated carbocycles. The Hall–Kier alpha value is -1.08. The highest BCUT2D eigenvalue weighted by Crippen LogP contribution is 2.53. The van der Waals surface area contributed by atoms with Gasteiger partial charge >= 0.3 is 0 Å². The highest BCUT2D eigenvalue weighted by Gasteiger charge is 2.52. The van der Waals surface area contributed by atoms with Crippen molar-refractivity contribution in [2.24, 2.45) is 44.0 Å². The Kier molecular flexibility index (Phi) is 14.5. The van der Waals surface area contributed by atoms with Gasteiger partial charge in [-0.2, -0.15) is 4.40 Å². The van der Waals surface area contributed by atoms with E-state index in [-0.39, 0.29) is 32.5 Å². The van der Waals surface area contributed by atoms with E-state index in [2.05, 4.69) is 83.8 Å². The third kappa shape index (κ3) is 9.90. The van der Waals surface area contributed by atoms with Gasteiger partial charge in [0.25, 0.3) is 0 Å². The van der Waals surface area contributed by atoms with Crippen molar-refractivity contribution in [2.75, 3.05) is 14.2 Å². The van der Waals surface area contributed by atoms with E-state index in [4.69, 9.17) is 19.0 Å². The second kappa shape index (κ2) is 17.2. The molecule has 0 saturated heterocycles. The molecule has 2 N–H and O–H groups in total. The summed E-state index contributed by atoms with van der Waals surface area (Å²) in [6.45, 7) is 20.5. The van der Waals surface area contributed by atoms with Gasteiger partial charge in [-0.05, 0) is 139 Å². The lowest BCUT2D eigenvalue weighted by molar-refractivity contribution is -0.0426. The van der Waals surface area contributed by atoms with Gasteiger partial charge in [-0.3, -0.25) is 9.93 Å². The minimum atomic E-state index is -1.26. The summed E-state index contributed by atoms with van der Waals surface area (Å²) in [5, 5.41) is 5.04. The number of hydrogen-bond donors (Lipinski definition) is 1. The van der Waals surface area contributed by atoms with Crippen molar-refractivity contribution in [2.45, 2.75) is 129 Å². The first-order valence-corrected chi connectivity index (χ1v) is 22.7. The molecule has 0 radical (unpaired) electrons. The second-order valence-electron chi connectivity index (χ2n) is 18.2. The fourth-order valence-corrected chi connectivity index (χ4v) is 10.9. The molecule has 0 heterocycles. The number of rotatable bonds is 3. The number of ketones is 1. The zero-order valence-electron chi connectivity index (χ0n) is 33.8. The number of hydrogen-bond acceptors (Lipinski definition) is 5. The second-order valence-corrected chi connectivity index (χ2v) is 23.7. The van der Waals surface area contributed by atoms with Gasteiger partial charge in [0.2, 0.25) is 0 Å². The third-order valence-electron chi connectivity index (χ3n) is 11.6. The lowest BCUT2D eigenvalue weighted by Gasteiger charge is -2.45. The van der Waals surface area contributed by atoms with Crippen LogP contribution >= 0.6 is 31.9 Å². The molecule has 53 heavy (non-hydrogen) atoms. The van der Waals surface area contributed by atoms with Gasteiger partial charge in [0.1, 0.15) is 11.0 Å². The number of Topliss-reactive ketones (excluding diaryl/α,β-unsaturated/α-hetero) is 1. The number of carbonyl (C=O) groups excluding carboxylic acids is 1. The van der Waals surface area contributed by atoms with E-state index >= 15 is 0 Å². The molecule has 0 aromatic heterocycles. The van der Waals surface area contributed by atoms with Gasteiger partial charge in [-0.1, -0.05) is 71.7 Å². The van der Waals surface area contributed by atoms with Crippen molar-refractivity contribution in [3.8, 4) is 0 Å². The zero-order chi connectivity index (χ0) is 39.8. The number of carbonyl (C=O) groups is 1. The fraction of sp³-hybridized carbons (Fsp3) is 0.667. The average molecular weight is 899 g/mol. The number of benzene rings is 2. The number of nitrogens with zero attached hydrogens (tertiary/aromatic N) is 1. The third-order valence-corrected chi connectivity index (χ3v) is 15.2. The standard InChI is InChI=1S/C21H30BrNO2S.C17H21BrO2.C4H11NOS/c1-13-10-21(11-14(2)18(13)25-6)12-15-7-8-16(22)9-17(15)19(21)23-26(24)20(3,4)5;1-10-7-17(8-11(2)15(10)20-3)9-12-4-5-13(18)6-14(12)16(17)19;1-4(2,3)7(5)6/h7-9,13-14,18H,10-12H2,1-6H3;4-6,10-11,15H,7-9H2,1-3H3;5H2,1-3H3/t13-,14+,18?,21?,26-;10-,11+,15?,17?;/m0../s1. The summed E-state index contributed by atoms with van der Waals surface area (Å²) in [6, 6.07) is 12.6. The molecule has 6 rings (SSSR count). The molecule has 2 aromatic carbocycles. The predicted molar refractivity (Wildman–Crippen MR) is 228 cm³/mol. The first-order valence-electron chi connectivity index (χ1n) is 18.8. The molecule has 11 heteroatoms. The van der Waals surface area contributed by atoms with Gasteiger partial charge in [-0.15, -0.1) is 0 Å². The number of methoxy groups -OCH3 is 2. The molecule has 0 bridgehead atoms. The van der Waals surface area contributed by atoms with E-state index in [9.17, 15) is 13.2 Å². The Morgan fingerprint density at radius 1 is 0.698 bits per heavy atom. The van der Waals surface area contributed by atoms with Crippen LogP contribution in [0, 0.1) is 34.5 Å². The van der Waals surface area contributed by atoms with E-state index in [1.165, 1.54) is 16.7 Å². The Labute approximate surface area is 341 Å². The Bertz CT molecular complexity index is 1710. The quantitative estimate of drug-likeness (QED) is 0.330. The summed E-state index contributed by atoms with van der Waals surface area (Å²) in [5.74, 6) is 2.13. The maximum absolute atomic E-state index is 13.0. The normalized spacial score (nSPS) is 32.7. The first-order chi connectivity index (χ1) is 24.5. The van der Waals surface area contributed by atoms with Crippen LogP contribution in [0.3, 0.4) is 0 Å². The van der Waals surface area contributed by atoms with Crippen molar-refractivity contribution in [1.82, 2.24) is 0 Å². The largest absolute Gasteiger partial charge is 0.381 e. The smallest absolute Gasteiger partial charge is 0.169 e. The van der Waals surface area contributed by atoms with E-state index in [1.807, 2.05) is 60.8 Å². The SMILES string of the molecule is CC(C)(C)S(N)=O.COC1[C@H](C)CC2(Cc3ccc(Br)cc3C2=N[S@@](=O)C(C)(C)C)C[C@@H]1C.COC1[C@H](C)CC2(Cc3ccc(Br)cc3C2=O)C[C@@H]1C. The van der Waals surface area contributed by atoms with Crippen LogP contribution in [0.5, 0.6) is 0 Å². The average Bonchev–Trinajstić information content (AvgIpc) is 3.45. The Balaban J connectivity index is 0.000000205. The fourth-order valence-electron chi connectivity index (χ4n) is 9.48. The van der Waals surface area contributed by atoms with Gasteiger partial charge in [0.15, 0.2) is 5.78 Å². The van der Waals surface area contributed by atoms with Crippen LogP contribution in [0.1, 0.15) is 122 Å². The summed E-state index contributed by atoms with van der Waals surface area (Å²) in [5.41, 5.74) is 5.48. The van der Waals surface area contributed by atoms with E-state index in [1.54, 1.807) is 7.11 Å². The van der Waals surface area contributed by atoms with Gasteiger partial charge in [0.05, 0.1) is 38.4 Å². The van der Waals surface area contributed by atoms with E-state index in [0.717, 1.165) is 58.7 Å². The zero-order valence-corrected chi connectivity index (χ0v) is 38.6. The van der Waals surface area contributed by atoms with Gasteiger partial charge in [0, 0.05) is 45.1 Å². The van der Waals surface area contributed by atoms with Crippen LogP contribution in [0.25, 0.3) is 0 Å². The number of halogens is 2. The van der Waals surface area contributed by atoms with Crippen molar-refractivity contribution < 1.29 is 22.7 Å². The molecule has 0 aliphatic heterocycles. The molecule has 2 fully saturated rings. The molecule has 10 atom stereocenters. The van der Waals surface area contributed by atoms with E-state index in [0.29, 0.717) is 29.5 Å². The maximum Gasteiger partial charge on any atom is 0.169 e. The first kappa shape index (κ1) is 44.6. The molecule has 5 unspecified atom stereocenters. The van der Waals surface area contributed by atoms with E-state index < -0.39 is 22.0 Å². The van der Waals surface area contributed by atoms with Crippen LogP contribution in [0.4, 0.5) is 0 Å². The topological polar surface area (TPSA) is 108 Å². The summed E-state index contributed by atoms with van der Waals surface area (Å²) in [4.78, 5) is 13.0. The highest BCUT2D eigenvalue weighted by atomic mass is 79.9. The monoisotopic (exact) mass is 896 g/mol. The molecule has 2 aromatic rings. The molecular weight excluding hydrogens is 836 g/mol. The predicted octanol–water partition coefficient (Wildman–Crippen LogP) is 9.99. The van der Waals surface area contributed by atoms with Gasteiger partial charge in [-0.25, -0.2) is 8.42 Å². The summed E-state index contributed by atoms with van der Waals surface area (Å²) in [6.07, 6.45) is 6.40. The maximum atomic E-state index is 13.0. The van der Waals surface area contributed by atoms with Crippen LogP contribution in [-0.4, -0.2) is 55.8 Å².